The molecule has 1 aliphatic rings. The van der Waals surface area contributed by atoms with Crippen LogP contribution >= 0.6 is 23.5 Å². The zero-order valence-corrected chi connectivity index (χ0v) is 9.14. The van der Waals surface area contributed by atoms with E-state index in [9.17, 15) is 0 Å². The van der Waals surface area contributed by atoms with Crippen molar-refractivity contribution in [2.75, 3.05) is 17.3 Å². The SMILES string of the molecule is CCCC(C)CSCC1CS1. The van der Waals surface area contributed by atoms with Gasteiger partial charge in [0.05, 0.1) is 0 Å². The molecule has 1 aliphatic heterocycles. The van der Waals surface area contributed by atoms with Crippen molar-refractivity contribution in [3.8, 4) is 0 Å². The van der Waals surface area contributed by atoms with Crippen LogP contribution in [0, 0.1) is 5.92 Å². The van der Waals surface area contributed by atoms with Crippen molar-refractivity contribution in [3.63, 3.8) is 0 Å². The number of rotatable bonds is 6. The van der Waals surface area contributed by atoms with Crippen LogP contribution in [0.5, 0.6) is 0 Å². The van der Waals surface area contributed by atoms with Crippen molar-refractivity contribution in [2.45, 2.75) is 31.9 Å². The first-order chi connectivity index (χ1) is 5.33. The molecule has 0 aromatic rings. The van der Waals surface area contributed by atoms with E-state index in [-0.39, 0.29) is 0 Å². The summed E-state index contributed by atoms with van der Waals surface area (Å²) in [7, 11) is 0. The van der Waals surface area contributed by atoms with Crippen LogP contribution in [0.25, 0.3) is 0 Å². The van der Waals surface area contributed by atoms with E-state index in [4.69, 9.17) is 0 Å². The van der Waals surface area contributed by atoms with Gasteiger partial charge >= 0.3 is 0 Å². The third-order valence-electron chi connectivity index (χ3n) is 1.89. The van der Waals surface area contributed by atoms with Gasteiger partial charge in [-0.15, -0.1) is 0 Å². The molecule has 0 saturated carbocycles. The lowest BCUT2D eigenvalue weighted by Crippen LogP contribution is -1.99. The third kappa shape index (κ3) is 5.02. The summed E-state index contributed by atoms with van der Waals surface area (Å²) < 4.78 is 0. The van der Waals surface area contributed by atoms with E-state index in [1.54, 1.807) is 0 Å². The molecule has 0 N–H and O–H groups in total. The molecule has 0 aromatic carbocycles. The molecule has 2 atom stereocenters. The molecule has 2 heteroatoms. The van der Waals surface area contributed by atoms with Gasteiger partial charge in [0.2, 0.25) is 0 Å². The minimum atomic E-state index is 0.939. The Kier molecular flexibility index (Phi) is 4.77. The fraction of sp³-hybridized carbons (Fsp3) is 1.00. The van der Waals surface area contributed by atoms with Gasteiger partial charge in [0.25, 0.3) is 0 Å². The van der Waals surface area contributed by atoms with Crippen LogP contribution in [-0.2, 0) is 0 Å². The normalized spacial score (nSPS) is 25.1. The van der Waals surface area contributed by atoms with Crippen LogP contribution in [0.2, 0.25) is 0 Å². The predicted octanol–water partition coefficient (Wildman–Crippen LogP) is 3.27. The molecule has 1 rings (SSSR count). The molecule has 1 heterocycles. The fourth-order valence-electron chi connectivity index (χ4n) is 1.14. The van der Waals surface area contributed by atoms with Gasteiger partial charge in [-0.2, -0.15) is 23.5 Å². The molecule has 1 fully saturated rings. The zero-order valence-electron chi connectivity index (χ0n) is 7.51. The molecular formula is C9H18S2. The van der Waals surface area contributed by atoms with Crippen molar-refractivity contribution in [1.82, 2.24) is 0 Å². The summed E-state index contributed by atoms with van der Waals surface area (Å²) in [6.07, 6.45) is 2.75. The molecule has 66 valence electrons. The minimum Gasteiger partial charge on any atom is -0.161 e. The number of thioether (sulfide) groups is 2. The smallest absolute Gasteiger partial charge is 0.0229 e. The molecule has 2 unspecified atom stereocenters. The van der Waals surface area contributed by atoms with Gasteiger partial charge in [0.15, 0.2) is 0 Å². The molecule has 0 nitrogen and oxygen atoms in total. The molecule has 1 saturated heterocycles. The summed E-state index contributed by atoms with van der Waals surface area (Å²) in [6, 6.07) is 0. The summed E-state index contributed by atoms with van der Waals surface area (Å²) in [5, 5.41) is 1.02. The quantitative estimate of drug-likeness (QED) is 0.590. The van der Waals surface area contributed by atoms with Gasteiger partial charge in [0.1, 0.15) is 0 Å². The van der Waals surface area contributed by atoms with E-state index < -0.39 is 0 Å². The van der Waals surface area contributed by atoms with Crippen LogP contribution in [0.3, 0.4) is 0 Å². The van der Waals surface area contributed by atoms with Gasteiger partial charge in [-0.1, -0.05) is 26.7 Å². The molecule has 0 spiro atoms. The maximum atomic E-state index is 2.37. The average molecular weight is 190 g/mol. The highest BCUT2D eigenvalue weighted by Crippen LogP contribution is 2.33. The van der Waals surface area contributed by atoms with Crippen molar-refractivity contribution in [3.05, 3.63) is 0 Å². The zero-order chi connectivity index (χ0) is 8.10. The second-order valence-corrected chi connectivity index (χ2v) is 5.79. The van der Waals surface area contributed by atoms with Crippen molar-refractivity contribution < 1.29 is 0 Å². The van der Waals surface area contributed by atoms with Gasteiger partial charge < -0.3 is 0 Å². The van der Waals surface area contributed by atoms with Crippen LogP contribution in [0.15, 0.2) is 0 Å². The van der Waals surface area contributed by atoms with Crippen molar-refractivity contribution in [2.24, 2.45) is 5.92 Å². The van der Waals surface area contributed by atoms with E-state index >= 15 is 0 Å². The van der Waals surface area contributed by atoms with E-state index in [0.717, 1.165) is 11.2 Å². The van der Waals surface area contributed by atoms with E-state index in [1.807, 2.05) is 0 Å². The first kappa shape index (κ1) is 9.79. The topological polar surface area (TPSA) is 0 Å². The predicted molar refractivity (Wildman–Crippen MR) is 57.6 cm³/mol. The Morgan fingerprint density at radius 1 is 1.64 bits per heavy atom. The van der Waals surface area contributed by atoms with Gasteiger partial charge in [-0.25, -0.2) is 0 Å². The average Bonchev–Trinajstić information content (AvgIpc) is 2.72. The largest absolute Gasteiger partial charge is 0.161 e. The fourth-order valence-corrected chi connectivity index (χ4v) is 3.30. The molecule has 0 amide bonds. The van der Waals surface area contributed by atoms with Crippen LogP contribution in [0.1, 0.15) is 26.7 Å². The van der Waals surface area contributed by atoms with Crippen LogP contribution in [0.4, 0.5) is 0 Å². The monoisotopic (exact) mass is 190 g/mol. The second kappa shape index (κ2) is 5.36. The Morgan fingerprint density at radius 2 is 2.36 bits per heavy atom. The number of hydrogen-bond acceptors (Lipinski definition) is 2. The maximum absolute atomic E-state index is 2.37. The summed E-state index contributed by atoms with van der Waals surface area (Å²) in [4.78, 5) is 0. The van der Waals surface area contributed by atoms with E-state index in [2.05, 4.69) is 37.4 Å². The Bertz CT molecular complexity index is 99.7. The van der Waals surface area contributed by atoms with Crippen LogP contribution in [-0.4, -0.2) is 22.5 Å². The van der Waals surface area contributed by atoms with Crippen molar-refractivity contribution in [1.29, 1.82) is 0 Å². The molecule has 0 aliphatic carbocycles. The summed E-state index contributed by atoms with van der Waals surface area (Å²) in [6.45, 7) is 4.65. The molecule has 11 heavy (non-hydrogen) atoms. The second-order valence-electron chi connectivity index (χ2n) is 3.39. The highest BCUT2D eigenvalue weighted by molar-refractivity contribution is 8.08. The highest BCUT2D eigenvalue weighted by Gasteiger charge is 2.21. The Morgan fingerprint density at radius 3 is 2.91 bits per heavy atom. The summed E-state index contributed by atoms with van der Waals surface area (Å²) in [5.74, 6) is 5.15. The van der Waals surface area contributed by atoms with Gasteiger partial charge in [0, 0.05) is 16.8 Å². The van der Waals surface area contributed by atoms with Crippen LogP contribution < -0.4 is 0 Å². The molecule has 0 bridgehead atoms. The lowest BCUT2D eigenvalue weighted by molar-refractivity contribution is 0.585. The molecule has 0 radical (unpaired) electrons. The summed E-state index contributed by atoms with van der Waals surface area (Å²) in [5.41, 5.74) is 0. The van der Waals surface area contributed by atoms with E-state index in [1.165, 1.54) is 30.1 Å². The summed E-state index contributed by atoms with van der Waals surface area (Å²) >= 11 is 4.26. The third-order valence-corrected chi connectivity index (χ3v) is 4.52. The first-order valence-corrected chi connectivity index (χ1v) is 6.72. The standard InChI is InChI=1S/C9H18S2/c1-3-4-8(2)5-10-6-9-7-11-9/h8-9H,3-7H2,1-2H3. The Hall–Kier alpha value is 0.700. The van der Waals surface area contributed by atoms with Gasteiger partial charge in [-0.3, -0.25) is 0 Å². The molecular weight excluding hydrogens is 172 g/mol. The van der Waals surface area contributed by atoms with Crippen molar-refractivity contribution >= 4 is 23.5 Å². The Balaban J connectivity index is 1.84. The Labute approximate surface area is 78.9 Å². The van der Waals surface area contributed by atoms with E-state index in [0.29, 0.717) is 0 Å². The lowest BCUT2D eigenvalue weighted by atomic mass is 10.1. The highest BCUT2D eigenvalue weighted by atomic mass is 32.2. The molecule has 0 aromatic heterocycles. The number of hydrogen-bond donors (Lipinski definition) is 0. The maximum Gasteiger partial charge on any atom is 0.0229 e. The lowest BCUT2D eigenvalue weighted by Gasteiger charge is -2.07. The minimum absolute atomic E-state index is 0.939. The van der Waals surface area contributed by atoms with Gasteiger partial charge in [-0.05, 0) is 11.7 Å². The first-order valence-electron chi connectivity index (χ1n) is 4.52.